The molecule has 3 nitrogen and oxygen atoms in total. The summed E-state index contributed by atoms with van der Waals surface area (Å²) in [4.78, 5) is 0. The molecule has 0 saturated carbocycles. The molecule has 0 saturated heterocycles. The van der Waals surface area contributed by atoms with Gasteiger partial charge < -0.3 is 15.2 Å². The number of nitrogens with two attached hydrogens (primary N) is 1. The van der Waals surface area contributed by atoms with E-state index >= 15 is 0 Å². The highest BCUT2D eigenvalue weighted by Crippen LogP contribution is 2.31. The van der Waals surface area contributed by atoms with Crippen LogP contribution in [0.2, 0.25) is 0 Å². The van der Waals surface area contributed by atoms with Gasteiger partial charge in [-0.3, -0.25) is 0 Å². The average molecular weight is 207 g/mol. The first-order valence-electron chi connectivity index (χ1n) is 5.25. The minimum atomic E-state index is -0.512. The lowest BCUT2D eigenvalue weighted by Gasteiger charge is -2.32. The molecule has 0 aromatic heterocycles. The van der Waals surface area contributed by atoms with Gasteiger partial charge in [0.15, 0.2) is 0 Å². The molecule has 0 amide bonds. The van der Waals surface area contributed by atoms with Crippen molar-refractivity contribution in [2.75, 3.05) is 6.54 Å². The van der Waals surface area contributed by atoms with Crippen LogP contribution < -0.4 is 10.5 Å². The van der Waals surface area contributed by atoms with E-state index < -0.39 is 5.79 Å². The molecule has 0 aliphatic carbocycles. The molecule has 1 aromatic carbocycles. The van der Waals surface area contributed by atoms with E-state index in [4.69, 9.17) is 15.2 Å². The molecule has 0 unspecified atom stereocenters. The van der Waals surface area contributed by atoms with Crippen LogP contribution in [0.25, 0.3) is 0 Å². The van der Waals surface area contributed by atoms with Crippen molar-refractivity contribution in [3.05, 3.63) is 29.3 Å². The molecule has 0 spiro atoms. The number of fused-ring (bicyclic) bond motifs is 1. The normalized spacial score (nSPS) is 18.1. The number of rotatable bonds is 2. The maximum Gasteiger partial charge on any atom is 0.205 e. The fraction of sp³-hybridized carbons (Fsp3) is 0.500. The first-order valence-corrected chi connectivity index (χ1v) is 5.25. The standard InChI is InChI=1S/C12H17NO2/c1-12(2)14-8-10-7-9(5-6-13)3-4-11(10)15-12/h3-4,7H,5-6,8,13H2,1-2H3. The Labute approximate surface area is 90.2 Å². The van der Waals surface area contributed by atoms with Gasteiger partial charge in [-0.1, -0.05) is 6.07 Å². The van der Waals surface area contributed by atoms with Crippen LogP contribution in [-0.4, -0.2) is 12.3 Å². The van der Waals surface area contributed by atoms with Crippen LogP contribution in [0.15, 0.2) is 18.2 Å². The van der Waals surface area contributed by atoms with Crippen molar-refractivity contribution >= 4 is 0 Å². The molecule has 2 rings (SSSR count). The minimum Gasteiger partial charge on any atom is -0.463 e. The summed E-state index contributed by atoms with van der Waals surface area (Å²) in [7, 11) is 0. The third kappa shape index (κ3) is 2.30. The molecule has 82 valence electrons. The number of benzene rings is 1. The molecular formula is C12H17NO2. The summed E-state index contributed by atoms with van der Waals surface area (Å²) >= 11 is 0. The summed E-state index contributed by atoms with van der Waals surface area (Å²) in [6, 6.07) is 6.18. The van der Waals surface area contributed by atoms with E-state index in [1.54, 1.807) is 0 Å². The number of ether oxygens (including phenoxy) is 2. The van der Waals surface area contributed by atoms with Crippen molar-refractivity contribution in [3.8, 4) is 5.75 Å². The van der Waals surface area contributed by atoms with Crippen molar-refractivity contribution in [1.82, 2.24) is 0 Å². The van der Waals surface area contributed by atoms with Crippen LogP contribution in [0.1, 0.15) is 25.0 Å². The van der Waals surface area contributed by atoms with Crippen LogP contribution in [0.3, 0.4) is 0 Å². The van der Waals surface area contributed by atoms with Crippen LogP contribution in [-0.2, 0) is 17.8 Å². The summed E-state index contributed by atoms with van der Waals surface area (Å²) in [5.41, 5.74) is 7.87. The second-order valence-electron chi connectivity index (χ2n) is 4.27. The molecular weight excluding hydrogens is 190 g/mol. The average Bonchev–Trinajstić information content (AvgIpc) is 2.18. The highest BCUT2D eigenvalue weighted by Gasteiger charge is 2.26. The van der Waals surface area contributed by atoms with Crippen LogP contribution >= 0.6 is 0 Å². The fourth-order valence-corrected chi connectivity index (χ4v) is 1.71. The van der Waals surface area contributed by atoms with E-state index in [1.807, 2.05) is 19.9 Å². The van der Waals surface area contributed by atoms with Gasteiger partial charge in [0.2, 0.25) is 5.79 Å². The first-order chi connectivity index (χ1) is 7.11. The van der Waals surface area contributed by atoms with Crippen LogP contribution in [0.4, 0.5) is 0 Å². The Morgan fingerprint density at radius 2 is 2.20 bits per heavy atom. The lowest BCUT2D eigenvalue weighted by atomic mass is 10.1. The highest BCUT2D eigenvalue weighted by molar-refractivity contribution is 5.38. The maximum atomic E-state index is 5.70. The molecule has 2 N–H and O–H groups in total. The Bertz CT molecular complexity index is 361. The molecule has 0 bridgehead atoms. The van der Waals surface area contributed by atoms with Crippen LogP contribution in [0, 0.1) is 0 Å². The molecule has 1 aliphatic rings. The summed E-state index contributed by atoms with van der Waals surface area (Å²) in [5, 5.41) is 0. The monoisotopic (exact) mass is 207 g/mol. The smallest absolute Gasteiger partial charge is 0.205 e. The van der Waals surface area contributed by atoms with Gasteiger partial charge in [-0.05, 0) is 30.7 Å². The number of hydrogen-bond acceptors (Lipinski definition) is 3. The third-order valence-electron chi connectivity index (χ3n) is 2.49. The van der Waals surface area contributed by atoms with Gasteiger partial charge in [-0.15, -0.1) is 0 Å². The Morgan fingerprint density at radius 1 is 1.40 bits per heavy atom. The predicted octanol–water partition coefficient (Wildman–Crippen LogP) is 1.83. The molecule has 1 heterocycles. The van der Waals surface area contributed by atoms with E-state index in [1.165, 1.54) is 5.56 Å². The van der Waals surface area contributed by atoms with Gasteiger partial charge in [-0.2, -0.15) is 0 Å². The van der Waals surface area contributed by atoms with Crippen molar-refractivity contribution in [3.63, 3.8) is 0 Å². The largest absolute Gasteiger partial charge is 0.463 e. The second-order valence-corrected chi connectivity index (χ2v) is 4.27. The topological polar surface area (TPSA) is 44.5 Å². The predicted molar refractivity (Wildman–Crippen MR) is 58.7 cm³/mol. The van der Waals surface area contributed by atoms with E-state index in [0.717, 1.165) is 17.7 Å². The third-order valence-corrected chi connectivity index (χ3v) is 2.49. The lowest BCUT2D eigenvalue weighted by Crippen LogP contribution is -2.35. The molecule has 1 aliphatic heterocycles. The molecule has 1 aromatic rings. The Morgan fingerprint density at radius 3 is 2.93 bits per heavy atom. The fourth-order valence-electron chi connectivity index (χ4n) is 1.71. The zero-order valence-corrected chi connectivity index (χ0v) is 9.25. The van der Waals surface area contributed by atoms with Crippen molar-refractivity contribution in [1.29, 1.82) is 0 Å². The van der Waals surface area contributed by atoms with E-state index in [2.05, 4.69) is 12.1 Å². The lowest BCUT2D eigenvalue weighted by molar-refractivity contribution is -0.180. The zero-order chi connectivity index (χ0) is 10.9. The molecule has 0 radical (unpaired) electrons. The Kier molecular flexibility index (Phi) is 2.67. The van der Waals surface area contributed by atoms with Gasteiger partial charge in [0, 0.05) is 19.4 Å². The maximum absolute atomic E-state index is 5.70. The van der Waals surface area contributed by atoms with Crippen LogP contribution in [0.5, 0.6) is 5.75 Å². The van der Waals surface area contributed by atoms with Gasteiger partial charge in [0.05, 0.1) is 6.61 Å². The Hall–Kier alpha value is -1.06. The van der Waals surface area contributed by atoms with Crippen molar-refractivity contribution < 1.29 is 9.47 Å². The number of hydrogen-bond donors (Lipinski definition) is 1. The first kappa shape index (κ1) is 10.5. The van der Waals surface area contributed by atoms with Crippen molar-refractivity contribution in [2.45, 2.75) is 32.7 Å². The molecule has 0 fully saturated rings. The molecule has 0 atom stereocenters. The molecule has 3 heteroatoms. The van der Waals surface area contributed by atoms with E-state index in [-0.39, 0.29) is 0 Å². The quantitative estimate of drug-likeness (QED) is 0.804. The Balaban J connectivity index is 2.24. The van der Waals surface area contributed by atoms with Gasteiger partial charge >= 0.3 is 0 Å². The second kappa shape index (κ2) is 3.83. The van der Waals surface area contributed by atoms with Gasteiger partial charge in [0.25, 0.3) is 0 Å². The van der Waals surface area contributed by atoms with E-state index in [9.17, 15) is 0 Å². The minimum absolute atomic E-state index is 0.512. The SMILES string of the molecule is CC1(C)OCc2cc(CCN)ccc2O1. The zero-order valence-electron chi connectivity index (χ0n) is 9.25. The van der Waals surface area contributed by atoms with E-state index in [0.29, 0.717) is 13.2 Å². The summed E-state index contributed by atoms with van der Waals surface area (Å²) in [6.45, 7) is 5.13. The molecule has 15 heavy (non-hydrogen) atoms. The van der Waals surface area contributed by atoms with Gasteiger partial charge in [0.1, 0.15) is 5.75 Å². The van der Waals surface area contributed by atoms with Gasteiger partial charge in [-0.25, -0.2) is 0 Å². The summed E-state index contributed by atoms with van der Waals surface area (Å²) in [6.07, 6.45) is 0.899. The highest BCUT2D eigenvalue weighted by atomic mass is 16.7. The summed E-state index contributed by atoms with van der Waals surface area (Å²) < 4.78 is 11.3. The van der Waals surface area contributed by atoms with Crippen molar-refractivity contribution in [2.24, 2.45) is 5.73 Å². The summed E-state index contributed by atoms with van der Waals surface area (Å²) in [5.74, 6) is 0.412.